The van der Waals surface area contributed by atoms with Crippen LogP contribution >= 0.6 is 0 Å². The van der Waals surface area contributed by atoms with Gasteiger partial charge in [-0.2, -0.15) is 4.31 Å². The smallest absolute Gasteiger partial charge is 0.269 e. The first-order valence-electron chi connectivity index (χ1n) is 6.73. The molecule has 0 spiro atoms. The summed E-state index contributed by atoms with van der Waals surface area (Å²) in [5.74, 6) is 0. The van der Waals surface area contributed by atoms with Crippen molar-refractivity contribution in [1.29, 1.82) is 0 Å². The molecule has 8 heteroatoms. The molecule has 1 N–H and O–H groups in total. The van der Waals surface area contributed by atoms with Gasteiger partial charge in [0.25, 0.3) is 5.69 Å². The second-order valence-corrected chi connectivity index (χ2v) is 7.50. The number of nitrogens with zero attached hydrogens (tertiary/aromatic N) is 2. The van der Waals surface area contributed by atoms with Crippen molar-refractivity contribution < 1.29 is 13.3 Å². The topological polar surface area (TPSA) is 92.6 Å². The summed E-state index contributed by atoms with van der Waals surface area (Å²) in [6.45, 7) is 5.52. The van der Waals surface area contributed by atoms with Crippen molar-refractivity contribution in [3.05, 3.63) is 34.4 Å². The first-order chi connectivity index (χ1) is 9.75. The molecule has 116 valence electrons. The van der Waals surface area contributed by atoms with Gasteiger partial charge in [0.15, 0.2) is 0 Å². The van der Waals surface area contributed by atoms with E-state index < -0.39 is 20.5 Å². The fraction of sp³-hybridized carbons (Fsp3) is 0.538. The van der Waals surface area contributed by atoms with Crippen molar-refractivity contribution in [2.45, 2.75) is 30.7 Å². The number of nitro groups is 1. The lowest BCUT2D eigenvalue weighted by molar-refractivity contribution is -0.384. The number of sulfonamides is 1. The summed E-state index contributed by atoms with van der Waals surface area (Å²) in [5, 5.41) is 13.8. The second kappa shape index (κ2) is 5.70. The van der Waals surface area contributed by atoms with Crippen molar-refractivity contribution in [3.63, 3.8) is 0 Å². The fourth-order valence-electron chi connectivity index (χ4n) is 2.44. The fourth-order valence-corrected chi connectivity index (χ4v) is 4.25. The van der Waals surface area contributed by atoms with E-state index in [0.717, 1.165) is 6.54 Å². The van der Waals surface area contributed by atoms with Gasteiger partial charge in [-0.15, -0.1) is 0 Å². The molecule has 0 aliphatic carbocycles. The predicted molar refractivity (Wildman–Crippen MR) is 78.6 cm³/mol. The Morgan fingerprint density at radius 1 is 1.24 bits per heavy atom. The minimum absolute atomic E-state index is 0.0862. The third-order valence-electron chi connectivity index (χ3n) is 3.72. The molecular formula is C13H19N3O4S. The van der Waals surface area contributed by atoms with Crippen LogP contribution in [0.1, 0.15) is 20.3 Å². The number of hydrogen-bond acceptors (Lipinski definition) is 5. The number of benzene rings is 1. The minimum atomic E-state index is -3.66. The Hall–Kier alpha value is -1.51. The summed E-state index contributed by atoms with van der Waals surface area (Å²) < 4.78 is 27.0. The molecule has 0 aromatic heterocycles. The van der Waals surface area contributed by atoms with Gasteiger partial charge in [0.2, 0.25) is 10.0 Å². The lowest BCUT2D eigenvalue weighted by Crippen LogP contribution is -2.47. The third kappa shape index (κ3) is 3.22. The largest absolute Gasteiger partial charge is 0.315 e. The Labute approximate surface area is 124 Å². The SMILES string of the molecule is CC1(C)CCNCCN1S(=O)(=O)c1ccc([N+](=O)[O-])cc1. The molecule has 1 aromatic carbocycles. The van der Waals surface area contributed by atoms with Gasteiger partial charge < -0.3 is 5.32 Å². The van der Waals surface area contributed by atoms with Crippen LogP contribution in [-0.4, -0.2) is 42.8 Å². The summed E-state index contributed by atoms with van der Waals surface area (Å²) in [4.78, 5) is 10.2. The normalized spacial score (nSPS) is 19.9. The van der Waals surface area contributed by atoms with Crippen LogP contribution in [0.4, 0.5) is 5.69 Å². The van der Waals surface area contributed by atoms with Crippen LogP contribution < -0.4 is 5.32 Å². The van der Waals surface area contributed by atoms with E-state index in [1.807, 2.05) is 13.8 Å². The Kier molecular flexibility index (Phi) is 4.31. The van der Waals surface area contributed by atoms with Gasteiger partial charge in [-0.25, -0.2) is 8.42 Å². The van der Waals surface area contributed by atoms with Gasteiger partial charge in [0, 0.05) is 30.8 Å². The van der Waals surface area contributed by atoms with Crippen LogP contribution in [0.3, 0.4) is 0 Å². The van der Waals surface area contributed by atoms with E-state index >= 15 is 0 Å². The molecule has 21 heavy (non-hydrogen) atoms. The molecule has 1 saturated heterocycles. The van der Waals surface area contributed by atoms with Crippen LogP contribution in [0, 0.1) is 10.1 Å². The maximum Gasteiger partial charge on any atom is 0.269 e. The third-order valence-corrected chi connectivity index (χ3v) is 5.84. The average Bonchev–Trinajstić information content (AvgIpc) is 2.59. The monoisotopic (exact) mass is 313 g/mol. The molecule has 0 unspecified atom stereocenters. The van der Waals surface area contributed by atoms with Crippen LogP contribution in [0.5, 0.6) is 0 Å². The highest BCUT2D eigenvalue weighted by molar-refractivity contribution is 7.89. The van der Waals surface area contributed by atoms with Crippen LogP contribution in [-0.2, 0) is 10.0 Å². The Bertz CT molecular complexity index is 625. The zero-order chi connectivity index (χ0) is 15.7. The molecule has 1 heterocycles. The quantitative estimate of drug-likeness (QED) is 0.672. The molecule has 0 atom stereocenters. The van der Waals surface area contributed by atoms with Crippen molar-refractivity contribution in [2.75, 3.05) is 19.6 Å². The highest BCUT2D eigenvalue weighted by Gasteiger charge is 2.37. The van der Waals surface area contributed by atoms with E-state index in [2.05, 4.69) is 5.32 Å². The van der Waals surface area contributed by atoms with Gasteiger partial charge in [-0.1, -0.05) is 0 Å². The van der Waals surface area contributed by atoms with Gasteiger partial charge >= 0.3 is 0 Å². The number of nitrogens with one attached hydrogen (secondary N) is 1. The van der Waals surface area contributed by atoms with Crippen molar-refractivity contribution in [2.24, 2.45) is 0 Å². The molecule has 7 nitrogen and oxygen atoms in total. The first kappa shape index (κ1) is 15.9. The summed E-state index contributed by atoms with van der Waals surface area (Å²) in [6, 6.07) is 5.02. The molecule has 1 aliphatic heterocycles. The Morgan fingerprint density at radius 3 is 2.43 bits per heavy atom. The standard InChI is InChI=1S/C13H19N3O4S/c1-13(2)7-8-14-9-10-15(13)21(19,20)12-5-3-11(4-6-12)16(17)18/h3-6,14H,7-10H2,1-2H3. The highest BCUT2D eigenvalue weighted by atomic mass is 32.2. The average molecular weight is 313 g/mol. The number of rotatable bonds is 3. The summed E-state index contributed by atoms with van der Waals surface area (Å²) in [5.41, 5.74) is -0.616. The highest BCUT2D eigenvalue weighted by Crippen LogP contribution is 2.28. The molecule has 1 aromatic rings. The molecule has 0 saturated carbocycles. The molecule has 0 amide bonds. The molecule has 1 fully saturated rings. The van der Waals surface area contributed by atoms with Gasteiger partial charge in [-0.3, -0.25) is 10.1 Å². The summed E-state index contributed by atoms with van der Waals surface area (Å²) in [6.07, 6.45) is 0.708. The molecule has 2 rings (SSSR count). The predicted octanol–water partition coefficient (Wildman–Crippen LogP) is 1.36. The van der Waals surface area contributed by atoms with Crippen LogP contribution in [0.25, 0.3) is 0 Å². The Morgan fingerprint density at radius 2 is 1.86 bits per heavy atom. The van der Waals surface area contributed by atoms with E-state index in [1.54, 1.807) is 0 Å². The first-order valence-corrected chi connectivity index (χ1v) is 8.17. The minimum Gasteiger partial charge on any atom is -0.315 e. The maximum atomic E-state index is 12.8. The molecule has 0 radical (unpaired) electrons. The van der Waals surface area contributed by atoms with Crippen LogP contribution in [0.15, 0.2) is 29.2 Å². The van der Waals surface area contributed by atoms with E-state index in [0.29, 0.717) is 19.5 Å². The van der Waals surface area contributed by atoms with E-state index in [9.17, 15) is 18.5 Å². The Balaban J connectivity index is 2.38. The van der Waals surface area contributed by atoms with Crippen molar-refractivity contribution in [3.8, 4) is 0 Å². The molecular weight excluding hydrogens is 294 g/mol. The van der Waals surface area contributed by atoms with Crippen LogP contribution in [0.2, 0.25) is 0 Å². The van der Waals surface area contributed by atoms with Gasteiger partial charge in [-0.05, 0) is 38.9 Å². The summed E-state index contributed by atoms with van der Waals surface area (Å²) in [7, 11) is -3.66. The lowest BCUT2D eigenvalue weighted by atomic mass is 10.0. The van der Waals surface area contributed by atoms with Gasteiger partial charge in [0.1, 0.15) is 0 Å². The zero-order valence-electron chi connectivity index (χ0n) is 12.1. The second-order valence-electron chi connectivity index (χ2n) is 5.64. The van der Waals surface area contributed by atoms with E-state index in [1.165, 1.54) is 28.6 Å². The molecule has 1 aliphatic rings. The molecule has 0 bridgehead atoms. The van der Waals surface area contributed by atoms with Crippen molar-refractivity contribution in [1.82, 2.24) is 9.62 Å². The van der Waals surface area contributed by atoms with Gasteiger partial charge in [0.05, 0.1) is 9.82 Å². The lowest BCUT2D eigenvalue weighted by Gasteiger charge is -2.35. The maximum absolute atomic E-state index is 12.8. The number of hydrogen-bond donors (Lipinski definition) is 1. The zero-order valence-corrected chi connectivity index (χ0v) is 12.9. The van der Waals surface area contributed by atoms with Crippen molar-refractivity contribution >= 4 is 15.7 Å². The number of non-ortho nitro benzene ring substituents is 1. The van der Waals surface area contributed by atoms with E-state index in [-0.39, 0.29) is 10.6 Å². The van der Waals surface area contributed by atoms with E-state index in [4.69, 9.17) is 0 Å². The summed E-state index contributed by atoms with van der Waals surface area (Å²) >= 11 is 0. The number of nitro benzene ring substituents is 1.